The van der Waals surface area contributed by atoms with E-state index < -0.39 is 0 Å². The number of carbonyl (C=O) groups excluding carboxylic acids is 2. The average Bonchev–Trinajstić information content (AvgIpc) is 3.32. The van der Waals surface area contributed by atoms with Crippen LogP contribution < -0.4 is 10.2 Å². The van der Waals surface area contributed by atoms with Crippen molar-refractivity contribution in [3.63, 3.8) is 0 Å². The molecule has 0 aromatic carbocycles. The smallest absolute Gasteiger partial charge is 0.226 e. The Hall–Kier alpha value is -1.54. The fourth-order valence-electron chi connectivity index (χ4n) is 4.08. The number of piperazine rings is 1. The molecule has 2 heterocycles. The molecule has 8 heteroatoms. The lowest BCUT2D eigenvalue weighted by Crippen LogP contribution is -3.18. The quantitative estimate of drug-likeness (QED) is 0.726. The molecule has 1 aromatic rings. The second kappa shape index (κ2) is 9.59. The van der Waals surface area contributed by atoms with Crippen molar-refractivity contribution in [1.82, 2.24) is 15.1 Å². The van der Waals surface area contributed by atoms with Crippen LogP contribution in [0.15, 0.2) is 0 Å². The molecule has 1 saturated carbocycles. The van der Waals surface area contributed by atoms with Gasteiger partial charge in [-0.25, -0.2) is 0 Å². The lowest BCUT2D eigenvalue weighted by Gasteiger charge is -2.35. The number of quaternary nitrogens is 1. The van der Waals surface area contributed by atoms with Crippen LogP contribution >= 0.6 is 11.3 Å². The van der Waals surface area contributed by atoms with Gasteiger partial charge >= 0.3 is 0 Å². The summed E-state index contributed by atoms with van der Waals surface area (Å²) in [6, 6.07) is 0.806. The standard InChI is InChI=1S/C19H31N5O2S/c1-14(2)13-17-21-22-19(27-17)20-16(25)7-8-18(26)24-11-9-23(10-12-24)15-5-3-4-6-15/h14-15H,3-13H2,1-2H3,(H,20,22,25)/p+1. The van der Waals surface area contributed by atoms with Crippen LogP contribution in [0.5, 0.6) is 0 Å². The Morgan fingerprint density at radius 2 is 1.89 bits per heavy atom. The van der Waals surface area contributed by atoms with Gasteiger partial charge in [0.15, 0.2) is 0 Å². The number of nitrogens with one attached hydrogen (secondary N) is 2. The van der Waals surface area contributed by atoms with Crippen LogP contribution in [0.2, 0.25) is 0 Å². The van der Waals surface area contributed by atoms with Crippen molar-refractivity contribution < 1.29 is 14.5 Å². The van der Waals surface area contributed by atoms with E-state index in [9.17, 15) is 9.59 Å². The Labute approximate surface area is 165 Å². The van der Waals surface area contributed by atoms with Crippen LogP contribution in [-0.4, -0.2) is 59.1 Å². The van der Waals surface area contributed by atoms with Crippen molar-refractivity contribution in [3.05, 3.63) is 5.01 Å². The molecular formula is C19H32N5O2S+. The Kier molecular flexibility index (Phi) is 7.18. The maximum Gasteiger partial charge on any atom is 0.226 e. The zero-order chi connectivity index (χ0) is 19.2. The minimum Gasteiger partial charge on any atom is -0.331 e. The number of nitrogens with zero attached hydrogens (tertiary/aromatic N) is 3. The van der Waals surface area contributed by atoms with E-state index in [-0.39, 0.29) is 24.7 Å². The normalized spacial score (nSPS) is 19.0. The highest BCUT2D eigenvalue weighted by molar-refractivity contribution is 7.15. The van der Waals surface area contributed by atoms with E-state index in [1.807, 2.05) is 4.90 Å². The molecule has 1 aliphatic carbocycles. The van der Waals surface area contributed by atoms with E-state index in [4.69, 9.17) is 0 Å². The zero-order valence-electron chi connectivity index (χ0n) is 16.5. The molecule has 150 valence electrons. The largest absolute Gasteiger partial charge is 0.331 e. The summed E-state index contributed by atoms with van der Waals surface area (Å²) < 4.78 is 0. The minimum atomic E-state index is -0.161. The second-order valence-corrected chi connectivity index (χ2v) is 9.23. The number of rotatable bonds is 7. The molecule has 1 aliphatic heterocycles. The summed E-state index contributed by atoms with van der Waals surface area (Å²) in [5.74, 6) is 0.439. The van der Waals surface area contributed by atoms with Crippen LogP contribution in [-0.2, 0) is 16.0 Å². The number of anilines is 1. The van der Waals surface area contributed by atoms with Crippen LogP contribution in [0, 0.1) is 5.92 Å². The summed E-state index contributed by atoms with van der Waals surface area (Å²) in [6.45, 7) is 7.99. The predicted molar refractivity (Wildman–Crippen MR) is 106 cm³/mol. The van der Waals surface area contributed by atoms with Crippen LogP contribution in [0.3, 0.4) is 0 Å². The van der Waals surface area contributed by atoms with Crippen molar-refractivity contribution >= 4 is 28.3 Å². The van der Waals surface area contributed by atoms with E-state index in [0.29, 0.717) is 11.0 Å². The Balaban J connectivity index is 1.36. The third kappa shape index (κ3) is 5.97. The summed E-state index contributed by atoms with van der Waals surface area (Å²) >= 11 is 1.41. The molecule has 2 amide bonds. The van der Waals surface area contributed by atoms with Gasteiger partial charge in [-0.3, -0.25) is 9.59 Å². The second-order valence-electron chi connectivity index (χ2n) is 8.17. The van der Waals surface area contributed by atoms with Gasteiger partial charge in [-0.1, -0.05) is 25.2 Å². The van der Waals surface area contributed by atoms with Crippen LogP contribution in [0.1, 0.15) is 57.4 Å². The Bertz CT molecular complexity index is 634. The van der Waals surface area contributed by atoms with Gasteiger partial charge in [-0.2, -0.15) is 0 Å². The highest BCUT2D eigenvalue weighted by Gasteiger charge is 2.30. The molecule has 3 rings (SSSR count). The lowest BCUT2D eigenvalue weighted by atomic mass is 10.1. The van der Waals surface area contributed by atoms with Gasteiger partial charge in [0.2, 0.25) is 16.9 Å². The molecule has 2 aliphatic rings. The average molecular weight is 395 g/mol. The van der Waals surface area contributed by atoms with Crippen LogP contribution in [0.4, 0.5) is 5.13 Å². The molecule has 2 fully saturated rings. The molecule has 0 unspecified atom stereocenters. The van der Waals surface area contributed by atoms with Crippen molar-refractivity contribution in [3.8, 4) is 0 Å². The molecule has 0 bridgehead atoms. The topological polar surface area (TPSA) is 79.6 Å². The molecule has 2 N–H and O–H groups in total. The van der Waals surface area contributed by atoms with Crippen molar-refractivity contribution in [2.75, 3.05) is 31.5 Å². The van der Waals surface area contributed by atoms with E-state index in [2.05, 4.69) is 29.4 Å². The fraction of sp³-hybridized carbons (Fsp3) is 0.789. The molecule has 1 saturated heterocycles. The van der Waals surface area contributed by atoms with E-state index in [1.54, 1.807) is 4.90 Å². The Morgan fingerprint density at radius 3 is 2.56 bits per heavy atom. The highest BCUT2D eigenvalue weighted by Crippen LogP contribution is 2.18. The van der Waals surface area contributed by atoms with Crippen molar-refractivity contribution in [2.24, 2.45) is 5.92 Å². The number of amides is 2. The molecular weight excluding hydrogens is 362 g/mol. The molecule has 0 spiro atoms. The van der Waals surface area contributed by atoms with Gasteiger partial charge < -0.3 is 15.1 Å². The van der Waals surface area contributed by atoms with Gasteiger partial charge in [0.05, 0.1) is 32.2 Å². The maximum absolute atomic E-state index is 12.4. The fourth-order valence-corrected chi connectivity index (χ4v) is 5.05. The summed E-state index contributed by atoms with van der Waals surface area (Å²) in [5.41, 5.74) is 0. The minimum absolute atomic E-state index is 0.0911. The highest BCUT2D eigenvalue weighted by atomic mass is 32.1. The number of aromatic nitrogens is 2. The molecule has 0 radical (unpaired) electrons. The molecule has 0 atom stereocenters. The van der Waals surface area contributed by atoms with E-state index in [1.165, 1.54) is 37.0 Å². The van der Waals surface area contributed by atoms with Gasteiger partial charge in [-0.05, 0) is 31.6 Å². The molecule has 1 aromatic heterocycles. The summed E-state index contributed by atoms with van der Waals surface area (Å²) in [6.07, 6.45) is 6.73. The predicted octanol–water partition coefficient (Wildman–Crippen LogP) is 1.13. The number of carbonyl (C=O) groups is 2. The third-order valence-electron chi connectivity index (χ3n) is 5.55. The first-order valence-electron chi connectivity index (χ1n) is 10.3. The maximum atomic E-state index is 12.4. The Morgan fingerprint density at radius 1 is 1.19 bits per heavy atom. The van der Waals surface area contributed by atoms with Crippen LogP contribution in [0.25, 0.3) is 0 Å². The third-order valence-corrected chi connectivity index (χ3v) is 6.41. The first-order valence-corrected chi connectivity index (χ1v) is 11.1. The van der Waals surface area contributed by atoms with Crippen molar-refractivity contribution in [2.45, 2.75) is 64.8 Å². The number of hydrogen-bond acceptors (Lipinski definition) is 5. The number of hydrogen-bond donors (Lipinski definition) is 2. The first kappa shape index (κ1) is 20.2. The van der Waals surface area contributed by atoms with Gasteiger partial charge in [-0.15, -0.1) is 10.2 Å². The summed E-state index contributed by atoms with van der Waals surface area (Å²) in [7, 11) is 0. The van der Waals surface area contributed by atoms with E-state index in [0.717, 1.165) is 43.6 Å². The summed E-state index contributed by atoms with van der Waals surface area (Å²) in [5, 5.41) is 12.3. The lowest BCUT2D eigenvalue weighted by molar-refractivity contribution is -0.928. The van der Waals surface area contributed by atoms with E-state index >= 15 is 0 Å². The van der Waals surface area contributed by atoms with Gasteiger partial charge in [0.1, 0.15) is 5.01 Å². The van der Waals surface area contributed by atoms with Crippen molar-refractivity contribution in [1.29, 1.82) is 0 Å². The van der Waals surface area contributed by atoms with Gasteiger partial charge in [0, 0.05) is 19.3 Å². The monoisotopic (exact) mass is 394 g/mol. The zero-order valence-corrected chi connectivity index (χ0v) is 17.3. The molecule has 7 nitrogen and oxygen atoms in total. The SMILES string of the molecule is CC(C)Cc1nnc(NC(=O)CCC(=O)N2CC[NH+](C3CCCC3)CC2)s1. The van der Waals surface area contributed by atoms with Gasteiger partial charge in [0.25, 0.3) is 0 Å². The first-order chi connectivity index (χ1) is 13.0. The molecule has 27 heavy (non-hydrogen) atoms. The summed E-state index contributed by atoms with van der Waals surface area (Å²) in [4.78, 5) is 28.1.